The molecule has 0 aliphatic heterocycles. The molecule has 0 bridgehead atoms. The van der Waals surface area contributed by atoms with Crippen LogP contribution in [0, 0.1) is 12.7 Å². The van der Waals surface area contributed by atoms with E-state index in [1.165, 1.54) is 20.1 Å². The molecular formula is C18H20FN3O3. The Labute approximate surface area is 145 Å². The standard InChI is InChI=1S/C18H20FN3O3/c1-11-4-5-13(8-15(11)19)10-20-18(24)22-14-6-7-17(25-3)16(9-14)21-12(2)23/h4-9H,10H2,1-3H3,(H,21,23)(H2,20,22,24). The van der Waals surface area contributed by atoms with Crippen molar-refractivity contribution in [3.63, 3.8) is 0 Å². The Morgan fingerprint density at radius 2 is 1.88 bits per heavy atom. The lowest BCUT2D eigenvalue weighted by molar-refractivity contribution is -0.114. The third-order valence-electron chi connectivity index (χ3n) is 3.46. The van der Waals surface area contributed by atoms with E-state index >= 15 is 0 Å². The number of urea groups is 1. The monoisotopic (exact) mass is 345 g/mol. The van der Waals surface area contributed by atoms with Crippen LogP contribution in [0.25, 0.3) is 0 Å². The van der Waals surface area contributed by atoms with E-state index in [4.69, 9.17) is 4.74 Å². The molecule has 132 valence electrons. The van der Waals surface area contributed by atoms with Crippen LogP contribution in [0.4, 0.5) is 20.6 Å². The molecule has 3 N–H and O–H groups in total. The number of hydrogen-bond donors (Lipinski definition) is 3. The van der Waals surface area contributed by atoms with Gasteiger partial charge >= 0.3 is 6.03 Å². The van der Waals surface area contributed by atoms with Crippen molar-refractivity contribution in [2.75, 3.05) is 17.7 Å². The number of halogens is 1. The molecule has 0 spiro atoms. The second-order valence-corrected chi connectivity index (χ2v) is 5.49. The largest absolute Gasteiger partial charge is 0.495 e. The van der Waals surface area contributed by atoms with Crippen molar-refractivity contribution < 1.29 is 18.7 Å². The average molecular weight is 345 g/mol. The van der Waals surface area contributed by atoms with E-state index in [1.807, 2.05) is 0 Å². The highest BCUT2D eigenvalue weighted by Gasteiger charge is 2.08. The van der Waals surface area contributed by atoms with Crippen LogP contribution in [-0.4, -0.2) is 19.0 Å². The number of carbonyl (C=O) groups excluding carboxylic acids is 2. The number of carbonyl (C=O) groups is 2. The summed E-state index contributed by atoms with van der Waals surface area (Å²) in [6.45, 7) is 3.25. The molecule has 0 saturated carbocycles. The summed E-state index contributed by atoms with van der Waals surface area (Å²) in [7, 11) is 1.49. The van der Waals surface area contributed by atoms with Gasteiger partial charge in [0.2, 0.25) is 5.91 Å². The Balaban J connectivity index is 1.99. The highest BCUT2D eigenvalue weighted by Crippen LogP contribution is 2.27. The number of ether oxygens (including phenoxy) is 1. The smallest absolute Gasteiger partial charge is 0.319 e. The van der Waals surface area contributed by atoms with Gasteiger partial charge in [0.15, 0.2) is 0 Å². The van der Waals surface area contributed by atoms with Crippen molar-refractivity contribution in [2.45, 2.75) is 20.4 Å². The predicted octanol–water partition coefficient (Wildman–Crippen LogP) is 3.42. The van der Waals surface area contributed by atoms with Crippen molar-refractivity contribution in [3.8, 4) is 5.75 Å². The zero-order chi connectivity index (χ0) is 18.4. The Morgan fingerprint density at radius 3 is 2.52 bits per heavy atom. The lowest BCUT2D eigenvalue weighted by Gasteiger charge is -2.12. The first-order valence-electron chi connectivity index (χ1n) is 7.64. The summed E-state index contributed by atoms with van der Waals surface area (Å²) in [6, 6.07) is 9.23. The topological polar surface area (TPSA) is 79.5 Å². The van der Waals surface area contributed by atoms with Crippen LogP contribution in [0.1, 0.15) is 18.1 Å². The fourth-order valence-electron chi connectivity index (χ4n) is 2.18. The van der Waals surface area contributed by atoms with Gasteiger partial charge in [0.25, 0.3) is 0 Å². The summed E-state index contributed by atoms with van der Waals surface area (Å²) in [5.74, 6) is -0.0765. The molecular weight excluding hydrogens is 325 g/mol. The number of rotatable bonds is 5. The fourth-order valence-corrected chi connectivity index (χ4v) is 2.18. The maximum absolute atomic E-state index is 13.5. The highest BCUT2D eigenvalue weighted by molar-refractivity contribution is 5.94. The molecule has 0 atom stereocenters. The van der Waals surface area contributed by atoms with Crippen LogP contribution in [0.5, 0.6) is 5.75 Å². The van der Waals surface area contributed by atoms with E-state index in [-0.39, 0.29) is 18.3 Å². The third kappa shape index (κ3) is 5.20. The number of amides is 3. The number of hydrogen-bond acceptors (Lipinski definition) is 3. The molecule has 0 fully saturated rings. The first-order chi connectivity index (χ1) is 11.9. The maximum Gasteiger partial charge on any atom is 0.319 e. The molecule has 2 aromatic carbocycles. The van der Waals surface area contributed by atoms with Gasteiger partial charge in [-0.2, -0.15) is 0 Å². The van der Waals surface area contributed by atoms with Gasteiger partial charge in [-0.15, -0.1) is 0 Å². The SMILES string of the molecule is COc1ccc(NC(=O)NCc2ccc(C)c(F)c2)cc1NC(C)=O. The van der Waals surface area contributed by atoms with Gasteiger partial charge in [-0.25, -0.2) is 9.18 Å². The summed E-state index contributed by atoms with van der Waals surface area (Å²) < 4.78 is 18.6. The summed E-state index contributed by atoms with van der Waals surface area (Å²) >= 11 is 0. The van der Waals surface area contributed by atoms with Gasteiger partial charge < -0.3 is 20.7 Å². The molecule has 0 radical (unpaired) electrons. The Morgan fingerprint density at radius 1 is 1.12 bits per heavy atom. The Bertz CT molecular complexity index is 793. The van der Waals surface area contributed by atoms with Gasteiger partial charge in [0.1, 0.15) is 11.6 Å². The molecule has 0 unspecified atom stereocenters. The zero-order valence-electron chi connectivity index (χ0n) is 14.3. The van der Waals surface area contributed by atoms with Crippen LogP contribution in [0.3, 0.4) is 0 Å². The Kier molecular flexibility index (Phi) is 5.94. The lowest BCUT2D eigenvalue weighted by atomic mass is 10.1. The van der Waals surface area contributed by atoms with Crippen molar-refractivity contribution in [1.29, 1.82) is 0 Å². The number of benzene rings is 2. The summed E-state index contributed by atoms with van der Waals surface area (Å²) in [5.41, 5.74) is 2.15. The number of aryl methyl sites for hydroxylation is 1. The van der Waals surface area contributed by atoms with Gasteiger partial charge in [-0.05, 0) is 42.3 Å². The normalized spacial score (nSPS) is 10.1. The number of anilines is 2. The van der Waals surface area contributed by atoms with Crippen LogP contribution < -0.4 is 20.7 Å². The molecule has 0 saturated heterocycles. The zero-order valence-corrected chi connectivity index (χ0v) is 14.3. The first-order valence-corrected chi connectivity index (χ1v) is 7.64. The molecule has 0 heterocycles. The minimum atomic E-state index is -0.445. The second kappa shape index (κ2) is 8.14. The van der Waals surface area contributed by atoms with Gasteiger partial charge in [-0.1, -0.05) is 12.1 Å². The quantitative estimate of drug-likeness (QED) is 0.777. The summed E-state index contributed by atoms with van der Waals surface area (Å²) in [4.78, 5) is 23.2. The molecule has 0 aromatic heterocycles. The predicted molar refractivity (Wildman–Crippen MR) is 94.3 cm³/mol. The number of nitrogens with one attached hydrogen (secondary N) is 3. The van der Waals surface area contributed by atoms with Crippen molar-refractivity contribution in [3.05, 3.63) is 53.3 Å². The molecule has 2 aromatic rings. The van der Waals surface area contributed by atoms with Crippen LogP contribution >= 0.6 is 0 Å². The molecule has 25 heavy (non-hydrogen) atoms. The van der Waals surface area contributed by atoms with Gasteiger partial charge in [0, 0.05) is 19.2 Å². The molecule has 3 amide bonds. The van der Waals surface area contributed by atoms with E-state index in [2.05, 4.69) is 16.0 Å². The van der Waals surface area contributed by atoms with Crippen LogP contribution in [-0.2, 0) is 11.3 Å². The molecule has 7 heteroatoms. The van der Waals surface area contributed by atoms with E-state index in [9.17, 15) is 14.0 Å². The van der Waals surface area contributed by atoms with Crippen molar-refractivity contribution >= 4 is 23.3 Å². The van der Waals surface area contributed by atoms with E-state index < -0.39 is 6.03 Å². The van der Waals surface area contributed by atoms with Crippen LogP contribution in [0.15, 0.2) is 36.4 Å². The van der Waals surface area contributed by atoms with Gasteiger partial charge in [-0.3, -0.25) is 4.79 Å². The van der Waals surface area contributed by atoms with Crippen molar-refractivity contribution in [1.82, 2.24) is 5.32 Å². The lowest BCUT2D eigenvalue weighted by Crippen LogP contribution is -2.28. The molecule has 6 nitrogen and oxygen atoms in total. The Hall–Kier alpha value is -3.09. The molecule has 2 rings (SSSR count). The summed E-state index contributed by atoms with van der Waals surface area (Å²) in [5, 5.41) is 7.93. The third-order valence-corrected chi connectivity index (χ3v) is 3.46. The number of methoxy groups -OCH3 is 1. The van der Waals surface area contributed by atoms with Gasteiger partial charge in [0.05, 0.1) is 12.8 Å². The van der Waals surface area contributed by atoms with Crippen LogP contribution in [0.2, 0.25) is 0 Å². The molecule has 0 aliphatic carbocycles. The molecule has 0 aliphatic rings. The van der Waals surface area contributed by atoms with E-state index in [1.54, 1.807) is 37.3 Å². The van der Waals surface area contributed by atoms with Crippen molar-refractivity contribution in [2.24, 2.45) is 0 Å². The first kappa shape index (κ1) is 18.3. The van der Waals surface area contributed by atoms with E-state index in [0.29, 0.717) is 28.3 Å². The summed E-state index contributed by atoms with van der Waals surface area (Å²) in [6.07, 6.45) is 0. The van der Waals surface area contributed by atoms with E-state index in [0.717, 1.165) is 0 Å². The minimum absolute atomic E-state index is 0.192. The fraction of sp³-hybridized carbons (Fsp3) is 0.222. The second-order valence-electron chi connectivity index (χ2n) is 5.49. The maximum atomic E-state index is 13.5. The average Bonchev–Trinajstić information content (AvgIpc) is 2.56. The minimum Gasteiger partial charge on any atom is -0.495 e. The highest BCUT2D eigenvalue weighted by atomic mass is 19.1.